The van der Waals surface area contributed by atoms with Crippen molar-refractivity contribution in [1.82, 2.24) is 5.32 Å². The summed E-state index contributed by atoms with van der Waals surface area (Å²) in [5.41, 5.74) is 0.163. The van der Waals surface area contributed by atoms with Crippen LogP contribution in [-0.2, 0) is 25.2 Å². The maximum atomic E-state index is 13.4. The molecule has 2 N–H and O–H groups in total. The van der Waals surface area contributed by atoms with Crippen LogP contribution < -0.4 is 25.0 Å². The highest BCUT2D eigenvalue weighted by Crippen LogP contribution is 2.34. The Kier molecular flexibility index (Phi) is 8.11. The maximum Gasteiger partial charge on any atom is 0.243 e. The normalized spacial score (nSPS) is 14.1. The van der Waals surface area contributed by atoms with Crippen LogP contribution in [0.3, 0.4) is 0 Å². The van der Waals surface area contributed by atoms with Crippen LogP contribution in [0, 0.1) is 5.82 Å². The zero-order chi connectivity index (χ0) is 25.8. The van der Waals surface area contributed by atoms with Crippen LogP contribution in [0.15, 0.2) is 42.5 Å². The van der Waals surface area contributed by atoms with E-state index in [1.165, 1.54) is 31.2 Å². The quantitative estimate of drug-likeness (QED) is 0.570. The first-order chi connectivity index (χ1) is 16.4. The Morgan fingerprint density at radius 3 is 2.37 bits per heavy atom. The van der Waals surface area contributed by atoms with Gasteiger partial charge in [0.2, 0.25) is 24.5 Å². The zero-order valence-electron chi connectivity index (χ0n) is 19.9. The molecule has 1 aliphatic rings. The molecule has 188 valence electrons. The minimum atomic E-state index is -1.87. The molecule has 0 aromatic heterocycles. The molecule has 35 heavy (non-hydrogen) atoms. The number of benzene rings is 2. The van der Waals surface area contributed by atoms with Crippen LogP contribution in [0.4, 0.5) is 15.8 Å². The van der Waals surface area contributed by atoms with Crippen LogP contribution in [0.2, 0.25) is 0 Å². The van der Waals surface area contributed by atoms with E-state index in [1.54, 1.807) is 39.0 Å². The second-order valence-corrected chi connectivity index (χ2v) is 10.5. The Balaban J connectivity index is 1.67. The van der Waals surface area contributed by atoms with Gasteiger partial charge in [0.25, 0.3) is 0 Å². The van der Waals surface area contributed by atoms with Crippen molar-refractivity contribution in [3.63, 3.8) is 0 Å². The third-order valence-electron chi connectivity index (χ3n) is 4.87. The summed E-state index contributed by atoms with van der Waals surface area (Å²) >= 11 is 0. The third-order valence-corrected chi connectivity index (χ3v) is 6.02. The zero-order valence-corrected chi connectivity index (χ0v) is 20.7. The predicted molar refractivity (Wildman–Crippen MR) is 130 cm³/mol. The highest BCUT2D eigenvalue weighted by molar-refractivity contribution is 7.86. The molecule has 0 unspecified atom stereocenters. The number of carbonyl (C=O) groups is 3. The number of hydrogen-bond donors (Lipinski definition) is 2. The lowest BCUT2D eigenvalue weighted by Crippen LogP contribution is -2.53. The van der Waals surface area contributed by atoms with Gasteiger partial charge in [0.05, 0.1) is 0 Å². The summed E-state index contributed by atoms with van der Waals surface area (Å²) in [5, 5.41) is 5.41. The molecule has 3 amide bonds. The lowest BCUT2D eigenvalue weighted by atomic mass is 10.1. The van der Waals surface area contributed by atoms with Crippen LogP contribution in [0.1, 0.15) is 27.7 Å². The van der Waals surface area contributed by atoms with Crippen LogP contribution in [0.25, 0.3) is 0 Å². The fourth-order valence-corrected chi connectivity index (χ4v) is 4.23. The van der Waals surface area contributed by atoms with Gasteiger partial charge in [-0.15, -0.1) is 0 Å². The van der Waals surface area contributed by atoms with E-state index >= 15 is 0 Å². The van der Waals surface area contributed by atoms with Crippen LogP contribution in [0.5, 0.6) is 11.5 Å². The van der Waals surface area contributed by atoms with Gasteiger partial charge in [-0.2, -0.15) is 0 Å². The summed E-state index contributed by atoms with van der Waals surface area (Å²) in [6.45, 7) is 7.02. The monoisotopic (exact) mass is 505 g/mol. The molecule has 2 atom stereocenters. The maximum absolute atomic E-state index is 13.4. The Bertz CT molecular complexity index is 1130. The van der Waals surface area contributed by atoms with Gasteiger partial charge >= 0.3 is 0 Å². The van der Waals surface area contributed by atoms with Gasteiger partial charge in [-0.25, -0.2) is 4.39 Å². The number of ether oxygens (including phenoxy) is 2. The molecule has 0 bridgehead atoms. The SMILES string of the molecule is C[C@@H](C(=O)NC(C)(C)C)N(C(=O)C[S@@](=O)CC(=O)Nc1ccc2c(c1)OCO2)c1ccc(F)cc1. The second kappa shape index (κ2) is 10.9. The fourth-order valence-electron chi connectivity index (χ4n) is 3.35. The average Bonchev–Trinajstić information content (AvgIpc) is 3.21. The van der Waals surface area contributed by atoms with Gasteiger partial charge in [0.15, 0.2) is 11.5 Å². The first-order valence-corrected chi connectivity index (χ1v) is 12.4. The summed E-state index contributed by atoms with van der Waals surface area (Å²) in [5.74, 6) is -2.01. The molecule has 1 heterocycles. The van der Waals surface area contributed by atoms with Crippen molar-refractivity contribution in [1.29, 1.82) is 0 Å². The number of fused-ring (bicyclic) bond motifs is 1. The molecule has 9 nitrogen and oxygen atoms in total. The lowest BCUT2D eigenvalue weighted by Gasteiger charge is -2.31. The van der Waals surface area contributed by atoms with Crippen molar-refractivity contribution >= 4 is 39.9 Å². The minimum absolute atomic E-state index is 0.0929. The fraction of sp³-hybridized carbons (Fsp3) is 0.375. The molecule has 1 aliphatic heterocycles. The number of carbonyl (C=O) groups excluding carboxylic acids is 3. The summed E-state index contributed by atoms with van der Waals surface area (Å²) in [6, 6.07) is 8.94. The van der Waals surface area contributed by atoms with E-state index < -0.39 is 57.4 Å². The standard InChI is InChI=1S/C24H28FN3O6S/c1-15(23(31)27-24(2,3)4)28(18-8-5-16(25)6-9-18)22(30)13-35(32)12-21(29)26-17-7-10-19-20(11-17)34-14-33-19/h5-11,15H,12-14H2,1-4H3,(H,26,29)(H,27,31)/t15-,35-/m0/s1. The number of rotatable bonds is 8. The Hall–Kier alpha value is -3.47. The second-order valence-electron chi connectivity index (χ2n) is 9.00. The van der Waals surface area contributed by atoms with Gasteiger partial charge < -0.3 is 20.1 Å². The summed E-state index contributed by atoms with van der Waals surface area (Å²) in [7, 11) is -1.87. The largest absolute Gasteiger partial charge is 0.454 e. The van der Waals surface area contributed by atoms with E-state index in [9.17, 15) is 23.0 Å². The Morgan fingerprint density at radius 2 is 1.71 bits per heavy atom. The van der Waals surface area contributed by atoms with E-state index in [0.717, 1.165) is 4.90 Å². The van der Waals surface area contributed by atoms with E-state index in [4.69, 9.17) is 9.47 Å². The van der Waals surface area contributed by atoms with E-state index in [0.29, 0.717) is 17.2 Å². The van der Waals surface area contributed by atoms with Crippen molar-refractivity contribution in [2.45, 2.75) is 39.3 Å². The van der Waals surface area contributed by atoms with Crippen molar-refractivity contribution in [3.05, 3.63) is 48.3 Å². The van der Waals surface area contributed by atoms with E-state index in [2.05, 4.69) is 10.6 Å². The molecule has 3 rings (SSSR count). The molecule has 2 aromatic rings. The molecule has 0 fully saturated rings. The molecule has 0 spiro atoms. The van der Waals surface area contributed by atoms with Crippen molar-refractivity contribution in [2.24, 2.45) is 0 Å². The number of anilines is 2. The number of halogens is 1. The predicted octanol–water partition coefficient (Wildman–Crippen LogP) is 2.58. The van der Waals surface area contributed by atoms with Crippen molar-refractivity contribution in [2.75, 3.05) is 28.5 Å². The highest BCUT2D eigenvalue weighted by atomic mass is 32.2. The number of nitrogens with one attached hydrogen (secondary N) is 2. The molecular formula is C24H28FN3O6S. The molecule has 0 aliphatic carbocycles. The summed E-state index contributed by atoms with van der Waals surface area (Å²) in [4.78, 5) is 39.4. The van der Waals surface area contributed by atoms with Crippen LogP contribution >= 0.6 is 0 Å². The molecule has 0 saturated heterocycles. The molecule has 0 saturated carbocycles. The van der Waals surface area contributed by atoms with Crippen LogP contribution in [-0.4, -0.2) is 51.8 Å². The molecule has 2 aromatic carbocycles. The van der Waals surface area contributed by atoms with E-state index in [1.807, 2.05) is 0 Å². The van der Waals surface area contributed by atoms with Gasteiger partial charge in [-0.1, -0.05) is 0 Å². The first-order valence-electron chi connectivity index (χ1n) is 10.9. The van der Waals surface area contributed by atoms with Gasteiger partial charge in [0, 0.05) is 33.8 Å². The topological polar surface area (TPSA) is 114 Å². The Labute approximate surface area is 205 Å². The molecule has 0 radical (unpaired) electrons. The average molecular weight is 506 g/mol. The van der Waals surface area contributed by atoms with Gasteiger partial charge in [-0.05, 0) is 64.1 Å². The van der Waals surface area contributed by atoms with Gasteiger partial charge in [-0.3, -0.25) is 23.5 Å². The summed E-state index contributed by atoms with van der Waals surface area (Å²) in [6.07, 6.45) is 0. The van der Waals surface area contributed by atoms with Gasteiger partial charge in [0.1, 0.15) is 23.4 Å². The molecule has 11 heteroatoms. The Morgan fingerprint density at radius 1 is 1.06 bits per heavy atom. The number of hydrogen-bond acceptors (Lipinski definition) is 6. The number of amides is 3. The smallest absolute Gasteiger partial charge is 0.243 e. The molecular weight excluding hydrogens is 477 g/mol. The number of nitrogens with zero attached hydrogens (tertiary/aromatic N) is 1. The lowest BCUT2D eigenvalue weighted by molar-refractivity contribution is -0.126. The summed E-state index contributed by atoms with van der Waals surface area (Å²) < 4.78 is 36.6. The van der Waals surface area contributed by atoms with Crippen molar-refractivity contribution in [3.8, 4) is 11.5 Å². The van der Waals surface area contributed by atoms with Crippen molar-refractivity contribution < 1.29 is 32.5 Å². The third kappa shape index (κ3) is 7.25. The first kappa shape index (κ1) is 26.1. The minimum Gasteiger partial charge on any atom is -0.454 e. The van der Waals surface area contributed by atoms with E-state index in [-0.39, 0.29) is 12.5 Å². The highest BCUT2D eigenvalue weighted by Gasteiger charge is 2.30.